The van der Waals surface area contributed by atoms with E-state index in [0.29, 0.717) is 0 Å². The highest BCUT2D eigenvalue weighted by Crippen LogP contribution is 1.97. The van der Waals surface area contributed by atoms with Crippen LogP contribution in [0.15, 0.2) is 0 Å². The van der Waals surface area contributed by atoms with E-state index in [2.05, 4.69) is 62.8 Å². The Morgan fingerprint density at radius 3 is 1.26 bits per heavy atom. The van der Waals surface area contributed by atoms with Crippen molar-refractivity contribution in [1.29, 1.82) is 0 Å². The van der Waals surface area contributed by atoms with Gasteiger partial charge in [0.1, 0.15) is 0 Å². The molecule has 0 heterocycles. The molecule has 4 N–H and O–H groups in total. The fourth-order valence-corrected chi connectivity index (χ4v) is 1.51. The Labute approximate surface area is 120 Å². The van der Waals surface area contributed by atoms with Gasteiger partial charge in [-0.15, -0.1) is 0 Å². The third-order valence-corrected chi connectivity index (χ3v) is 2.69. The van der Waals surface area contributed by atoms with E-state index in [1.165, 1.54) is 19.3 Å². The van der Waals surface area contributed by atoms with E-state index >= 15 is 0 Å². The van der Waals surface area contributed by atoms with Crippen LogP contribution in [0.4, 0.5) is 0 Å². The average Bonchev–Trinajstić information content (AvgIpc) is 2.22. The number of unbranched alkanes of at least 4 members (excludes halogenated alkanes) is 2. The molecular weight excluding hydrogens is 236 g/mol. The lowest BCUT2D eigenvalue weighted by atomic mass is 10.1. The largest absolute Gasteiger partial charge is 0.304 e. The van der Waals surface area contributed by atoms with E-state index in [4.69, 9.17) is 0 Å². The van der Waals surface area contributed by atoms with Crippen LogP contribution in [-0.4, -0.2) is 37.5 Å². The van der Waals surface area contributed by atoms with Crippen LogP contribution in [0.2, 0.25) is 0 Å². The fraction of sp³-hybridized carbons (Fsp3) is 1.00. The third-order valence-electron chi connectivity index (χ3n) is 2.69. The molecule has 0 radical (unpaired) electrons. The molecular formula is C15H36N4. The molecule has 0 aliphatic rings. The third kappa shape index (κ3) is 17.8. The van der Waals surface area contributed by atoms with Gasteiger partial charge >= 0.3 is 0 Å². The number of rotatable bonds is 10. The van der Waals surface area contributed by atoms with Gasteiger partial charge in [0.05, 0.1) is 0 Å². The minimum atomic E-state index is 0.205. The summed E-state index contributed by atoms with van der Waals surface area (Å²) < 4.78 is 0. The maximum absolute atomic E-state index is 3.42. The molecule has 0 aromatic rings. The van der Waals surface area contributed by atoms with Gasteiger partial charge < -0.3 is 10.6 Å². The smallest absolute Gasteiger partial charge is 0.0458 e. The summed E-state index contributed by atoms with van der Waals surface area (Å²) in [6.07, 6.45) is 3.78. The lowest BCUT2D eigenvalue weighted by Crippen LogP contribution is -2.42. The molecule has 0 bridgehead atoms. The van der Waals surface area contributed by atoms with Crippen LogP contribution in [0.3, 0.4) is 0 Å². The Bertz CT molecular complexity index is 181. The first-order valence-electron chi connectivity index (χ1n) is 7.62. The Hall–Kier alpha value is -0.160. The highest BCUT2D eigenvalue weighted by Gasteiger charge is 2.07. The van der Waals surface area contributed by atoms with E-state index < -0.39 is 0 Å². The van der Waals surface area contributed by atoms with Gasteiger partial charge in [-0.1, -0.05) is 6.42 Å². The normalized spacial score (nSPS) is 12.9. The Morgan fingerprint density at radius 2 is 0.947 bits per heavy atom. The summed E-state index contributed by atoms with van der Waals surface area (Å²) in [6, 6.07) is 0. The van der Waals surface area contributed by atoms with E-state index in [1.54, 1.807) is 0 Å². The van der Waals surface area contributed by atoms with Crippen molar-refractivity contribution in [2.75, 3.05) is 26.4 Å². The predicted octanol–water partition coefficient (Wildman–Crippen LogP) is 2.03. The first kappa shape index (κ1) is 18.8. The first-order valence-corrected chi connectivity index (χ1v) is 7.62. The van der Waals surface area contributed by atoms with E-state index in [-0.39, 0.29) is 11.1 Å². The van der Waals surface area contributed by atoms with Crippen molar-refractivity contribution in [3.63, 3.8) is 0 Å². The van der Waals surface area contributed by atoms with Crippen molar-refractivity contribution in [1.82, 2.24) is 21.3 Å². The summed E-state index contributed by atoms with van der Waals surface area (Å²) >= 11 is 0. The van der Waals surface area contributed by atoms with Crippen LogP contribution in [0.1, 0.15) is 60.8 Å². The Balaban J connectivity index is 3.12. The molecule has 0 aromatic carbocycles. The molecule has 0 amide bonds. The second kappa shape index (κ2) is 9.70. The molecule has 4 nitrogen and oxygen atoms in total. The molecule has 4 heteroatoms. The zero-order valence-corrected chi connectivity index (χ0v) is 13.9. The van der Waals surface area contributed by atoms with Crippen molar-refractivity contribution < 1.29 is 0 Å². The summed E-state index contributed by atoms with van der Waals surface area (Å²) in [7, 11) is 0. The summed E-state index contributed by atoms with van der Waals surface area (Å²) in [5.74, 6) is 0. The monoisotopic (exact) mass is 272 g/mol. The molecule has 0 fully saturated rings. The summed E-state index contributed by atoms with van der Waals surface area (Å²) in [4.78, 5) is 0. The summed E-state index contributed by atoms with van der Waals surface area (Å²) in [5, 5.41) is 13.7. The minimum Gasteiger partial charge on any atom is -0.304 e. The van der Waals surface area contributed by atoms with Crippen LogP contribution in [0.25, 0.3) is 0 Å². The topological polar surface area (TPSA) is 48.1 Å². The Morgan fingerprint density at radius 1 is 0.579 bits per heavy atom. The SMILES string of the molecule is CC(C)(C)NCNCCCCCNCNC(C)(C)C. The van der Waals surface area contributed by atoms with Crippen LogP contribution < -0.4 is 21.3 Å². The van der Waals surface area contributed by atoms with Crippen molar-refractivity contribution in [3.8, 4) is 0 Å². The Kier molecular flexibility index (Phi) is 9.62. The number of hydrogen-bond acceptors (Lipinski definition) is 4. The lowest BCUT2D eigenvalue weighted by Gasteiger charge is -2.21. The van der Waals surface area contributed by atoms with Crippen LogP contribution in [-0.2, 0) is 0 Å². The highest BCUT2D eigenvalue weighted by molar-refractivity contribution is 4.69. The zero-order valence-electron chi connectivity index (χ0n) is 13.9. The van der Waals surface area contributed by atoms with Crippen LogP contribution in [0, 0.1) is 0 Å². The summed E-state index contributed by atoms with van der Waals surface area (Å²) in [6.45, 7) is 17.1. The van der Waals surface area contributed by atoms with Crippen molar-refractivity contribution in [3.05, 3.63) is 0 Å². The second-order valence-electron chi connectivity index (χ2n) is 7.27. The van der Waals surface area contributed by atoms with Gasteiger partial charge in [0.15, 0.2) is 0 Å². The molecule has 0 aromatic heterocycles. The van der Waals surface area contributed by atoms with Crippen LogP contribution >= 0.6 is 0 Å². The summed E-state index contributed by atoms with van der Waals surface area (Å²) in [5.41, 5.74) is 0.411. The molecule has 0 spiro atoms. The standard InChI is InChI=1S/C15H36N4/c1-14(2,3)18-12-16-10-8-7-9-11-17-13-19-15(4,5)6/h16-19H,7-13H2,1-6H3. The van der Waals surface area contributed by atoms with Gasteiger partial charge in [-0.25, -0.2) is 0 Å². The minimum absolute atomic E-state index is 0.205. The second-order valence-corrected chi connectivity index (χ2v) is 7.27. The molecule has 0 aliphatic heterocycles. The average molecular weight is 272 g/mol. The lowest BCUT2D eigenvalue weighted by molar-refractivity contribution is 0.396. The van der Waals surface area contributed by atoms with Crippen molar-refractivity contribution in [2.45, 2.75) is 71.9 Å². The van der Waals surface area contributed by atoms with E-state index in [0.717, 1.165) is 26.4 Å². The predicted molar refractivity (Wildman–Crippen MR) is 85.4 cm³/mol. The maximum atomic E-state index is 3.42. The number of hydrogen-bond donors (Lipinski definition) is 4. The van der Waals surface area contributed by atoms with Crippen LogP contribution in [0.5, 0.6) is 0 Å². The molecule has 19 heavy (non-hydrogen) atoms. The zero-order chi connectivity index (χ0) is 14.8. The van der Waals surface area contributed by atoms with E-state index in [9.17, 15) is 0 Å². The number of nitrogens with one attached hydrogen (secondary N) is 4. The van der Waals surface area contributed by atoms with Gasteiger partial charge in [0, 0.05) is 24.4 Å². The molecule has 0 saturated carbocycles. The quantitative estimate of drug-likeness (QED) is 0.363. The molecule has 0 unspecified atom stereocenters. The van der Waals surface area contributed by atoms with Crippen molar-refractivity contribution >= 4 is 0 Å². The maximum Gasteiger partial charge on any atom is 0.0458 e. The van der Waals surface area contributed by atoms with Gasteiger partial charge in [0.25, 0.3) is 0 Å². The van der Waals surface area contributed by atoms with Crippen molar-refractivity contribution in [2.24, 2.45) is 0 Å². The molecule has 0 atom stereocenters. The van der Waals surface area contributed by atoms with E-state index in [1.807, 2.05) is 0 Å². The highest BCUT2D eigenvalue weighted by atomic mass is 15.1. The van der Waals surface area contributed by atoms with Gasteiger partial charge in [-0.2, -0.15) is 0 Å². The van der Waals surface area contributed by atoms with Gasteiger partial charge in [0.2, 0.25) is 0 Å². The molecule has 0 saturated heterocycles. The van der Waals surface area contributed by atoms with Gasteiger partial charge in [-0.05, 0) is 67.5 Å². The molecule has 0 rings (SSSR count). The molecule has 0 aliphatic carbocycles. The fourth-order valence-electron chi connectivity index (χ4n) is 1.51. The van der Waals surface area contributed by atoms with Gasteiger partial charge in [-0.3, -0.25) is 10.6 Å². The molecule has 116 valence electrons. The first-order chi connectivity index (χ1) is 8.71.